The number of rotatable bonds is 5. The third-order valence-corrected chi connectivity index (χ3v) is 4.70. The lowest BCUT2D eigenvalue weighted by molar-refractivity contribution is -0.137. The summed E-state index contributed by atoms with van der Waals surface area (Å²) in [5, 5.41) is 0. The molecule has 148 valence electrons. The molecule has 3 aromatic carbocycles. The van der Waals surface area contributed by atoms with Crippen molar-refractivity contribution in [1.29, 1.82) is 0 Å². The van der Waals surface area contributed by atoms with Crippen molar-refractivity contribution in [2.75, 3.05) is 6.61 Å². The van der Waals surface area contributed by atoms with Crippen molar-refractivity contribution < 1.29 is 27.5 Å². The van der Waals surface area contributed by atoms with Gasteiger partial charge in [-0.05, 0) is 41.5 Å². The van der Waals surface area contributed by atoms with Crippen LogP contribution in [0.5, 0.6) is 0 Å². The molecule has 0 saturated carbocycles. The minimum atomic E-state index is -4.44. The molecule has 0 aliphatic heterocycles. The molecule has 0 aromatic heterocycles. The number of ether oxygens (including phenoxy) is 1. The molecule has 0 fully saturated rings. The summed E-state index contributed by atoms with van der Waals surface area (Å²) < 4.78 is 44.2. The topological polar surface area (TPSA) is 43.4 Å². The van der Waals surface area contributed by atoms with Crippen LogP contribution in [0.4, 0.5) is 13.2 Å². The SMILES string of the molecule is O=C(COC(=O)c1ccccc1-c1ccc(C(F)(F)F)cc1)c1ccc(Br)cc1. The Balaban J connectivity index is 1.76. The third-order valence-electron chi connectivity index (χ3n) is 4.17. The normalized spacial score (nSPS) is 11.2. The summed E-state index contributed by atoms with van der Waals surface area (Å²) in [6.07, 6.45) is -4.44. The van der Waals surface area contributed by atoms with Gasteiger partial charge in [0.1, 0.15) is 0 Å². The summed E-state index contributed by atoms with van der Waals surface area (Å²) in [7, 11) is 0. The first-order valence-corrected chi connectivity index (χ1v) is 9.27. The molecule has 0 N–H and O–H groups in total. The summed E-state index contributed by atoms with van der Waals surface area (Å²) in [4.78, 5) is 24.7. The average Bonchev–Trinajstić information content (AvgIpc) is 2.72. The standard InChI is InChI=1S/C22H14BrF3O3/c23-17-11-7-15(8-12-17)20(27)13-29-21(28)19-4-2-1-3-18(19)14-5-9-16(10-6-14)22(24,25)26/h1-12H,13H2. The number of halogens is 4. The molecular weight excluding hydrogens is 449 g/mol. The quantitative estimate of drug-likeness (QED) is 0.336. The van der Waals surface area contributed by atoms with Gasteiger partial charge in [-0.2, -0.15) is 13.2 Å². The third kappa shape index (κ3) is 5.12. The minimum Gasteiger partial charge on any atom is -0.454 e. The molecular formula is C22H14BrF3O3. The van der Waals surface area contributed by atoms with Gasteiger partial charge in [-0.1, -0.05) is 58.4 Å². The van der Waals surface area contributed by atoms with E-state index in [0.717, 1.165) is 16.6 Å². The van der Waals surface area contributed by atoms with Gasteiger partial charge in [-0.3, -0.25) is 4.79 Å². The van der Waals surface area contributed by atoms with Gasteiger partial charge in [-0.25, -0.2) is 4.79 Å². The van der Waals surface area contributed by atoms with Crippen molar-refractivity contribution in [3.8, 4) is 11.1 Å². The van der Waals surface area contributed by atoms with Gasteiger partial charge in [-0.15, -0.1) is 0 Å². The predicted octanol–water partition coefficient (Wildman–Crippen LogP) is 6.17. The number of esters is 1. The van der Waals surface area contributed by atoms with Gasteiger partial charge < -0.3 is 4.74 Å². The number of hydrogen-bond acceptors (Lipinski definition) is 3. The molecule has 29 heavy (non-hydrogen) atoms. The lowest BCUT2D eigenvalue weighted by Gasteiger charge is -2.11. The van der Waals surface area contributed by atoms with E-state index in [-0.39, 0.29) is 11.3 Å². The van der Waals surface area contributed by atoms with Crippen LogP contribution in [0.1, 0.15) is 26.3 Å². The van der Waals surface area contributed by atoms with Crippen molar-refractivity contribution in [3.05, 3.63) is 94.0 Å². The van der Waals surface area contributed by atoms with Gasteiger partial charge >= 0.3 is 12.1 Å². The van der Waals surface area contributed by atoms with E-state index < -0.39 is 24.3 Å². The summed E-state index contributed by atoms with van der Waals surface area (Å²) in [5.74, 6) is -1.09. The molecule has 3 nitrogen and oxygen atoms in total. The van der Waals surface area contributed by atoms with Crippen LogP contribution in [-0.2, 0) is 10.9 Å². The summed E-state index contributed by atoms with van der Waals surface area (Å²) in [5.41, 5.74) is 0.640. The summed E-state index contributed by atoms with van der Waals surface area (Å²) >= 11 is 3.27. The Morgan fingerprint density at radius 2 is 1.48 bits per heavy atom. The first kappa shape index (κ1) is 20.8. The number of benzene rings is 3. The zero-order chi connectivity index (χ0) is 21.0. The summed E-state index contributed by atoms with van der Waals surface area (Å²) in [6, 6.07) is 17.5. The maximum Gasteiger partial charge on any atom is 0.416 e. The van der Waals surface area contributed by atoms with Crippen LogP contribution in [0.2, 0.25) is 0 Å². The van der Waals surface area contributed by atoms with Crippen molar-refractivity contribution in [1.82, 2.24) is 0 Å². The van der Waals surface area contributed by atoms with Gasteiger partial charge in [0.15, 0.2) is 12.4 Å². The second kappa shape index (κ2) is 8.61. The molecule has 0 atom stereocenters. The Bertz CT molecular complexity index is 1030. The Morgan fingerprint density at radius 3 is 2.10 bits per heavy atom. The van der Waals surface area contributed by atoms with Crippen molar-refractivity contribution in [3.63, 3.8) is 0 Å². The highest BCUT2D eigenvalue weighted by Crippen LogP contribution is 2.32. The van der Waals surface area contributed by atoms with Crippen molar-refractivity contribution in [2.45, 2.75) is 6.18 Å². The molecule has 0 bridgehead atoms. The fraction of sp³-hybridized carbons (Fsp3) is 0.0909. The Labute approximate surface area is 173 Å². The van der Waals surface area contributed by atoms with Crippen LogP contribution >= 0.6 is 15.9 Å². The first-order valence-electron chi connectivity index (χ1n) is 8.48. The lowest BCUT2D eigenvalue weighted by atomic mass is 9.98. The molecule has 0 aliphatic rings. The van der Waals surface area contributed by atoms with Crippen LogP contribution < -0.4 is 0 Å². The van der Waals surface area contributed by atoms with E-state index in [1.54, 1.807) is 42.5 Å². The molecule has 0 radical (unpaired) electrons. The van der Waals surface area contributed by atoms with Crippen molar-refractivity contribution in [2.24, 2.45) is 0 Å². The van der Waals surface area contributed by atoms with E-state index in [4.69, 9.17) is 4.74 Å². The number of alkyl halides is 3. The second-order valence-electron chi connectivity index (χ2n) is 6.13. The highest BCUT2D eigenvalue weighted by molar-refractivity contribution is 9.10. The minimum absolute atomic E-state index is 0.163. The maximum absolute atomic E-state index is 12.8. The number of ketones is 1. The van der Waals surface area contributed by atoms with Crippen LogP contribution in [0.15, 0.2) is 77.3 Å². The molecule has 3 rings (SSSR count). The van der Waals surface area contributed by atoms with Crippen molar-refractivity contribution >= 4 is 27.7 Å². The second-order valence-corrected chi connectivity index (χ2v) is 7.04. The van der Waals surface area contributed by atoms with E-state index in [0.29, 0.717) is 16.7 Å². The van der Waals surface area contributed by atoms with Crippen LogP contribution in [0.3, 0.4) is 0 Å². The van der Waals surface area contributed by atoms with E-state index in [9.17, 15) is 22.8 Å². The van der Waals surface area contributed by atoms with Crippen LogP contribution in [0.25, 0.3) is 11.1 Å². The smallest absolute Gasteiger partial charge is 0.416 e. The number of carbonyl (C=O) groups is 2. The molecule has 0 spiro atoms. The average molecular weight is 463 g/mol. The van der Waals surface area contributed by atoms with Gasteiger partial charge in [0.05, 0.1) is 11.1 Å². The summed E-state index contributed by atoms with van der Waals surface area (Å²) in [6.45, 7) is -0.443. The fourth-order valence-electron chi connectivity index (χ4n) is 2.68. The van der Waals surface area contributed by atoms with Gasteiger partial charge in [0.25, 0.3) is 0 Å². The molecule has 0 saturated heterocycles. The van der Waals surface area contributed by atoms with Crippen LogP contribution in [-0.4, -0.2) is 18.4 Å². The number of carbonyl (C=O) groups excluding carboxylic acids is 2. The zero-order valence-corrected chi connectivity index (χ0v) is 16.5. The monoisotopic (exact) mass is 462 g/mol. The lowest BCUT2D eigenvalue weighted by Crippen LogP contribution is -2.15. The van der Waals surface area contributed by atoms with E-state index in [1.807, 2.05) is 0 Å². The highest BCUT2D eigenvalue weighted by Gasteiger charge is 2.30. The molecule has 0 aliphatic carbocycles. The fourth-order valence-corrected chi connectivity index (χ4v) is 2.94. The van der Waals surface area contributed by atoms with E-state index in [2.05, 4.69) is 15.9 Å². The van der Waals surface area contributed by atoms with Gasteiger partial charge in [0, 0.05) is 10.0 Å². The molecule has 3 aromatic rings. The Hall–Kier alpha value is -2.93. The number of hydrogen-bond donors (Lipinski definition) is 0. The Kier molecular flexibility index (Phi) is 6.17. The molecule has 0 heterocycles. The maximum atomic E-state index is 12.8. The largest absolute Gasteiger partial charge is 0.454 e. The van der Waals surface area contributed by atoms with E-state index in [1.165, 1.54) is 18.2 Å². The molecule has 0 amide bonds. The van der Waals surface area contributed by atoms with E-state index >= 15 is 0 Å². The van der Waals surface area contributed by atoms with Gasteiger partial charge in [0.2, 0.25) is 0 Å². The predicted molar refractivity (Wildman–Crippen MR) is 106 cm³/mol. The number of Topliss-reactive ketones (excluding diaryl/α,β-unsaturated/α-hetero) is 1. The Morgan fingerprint density at radius 1 is 0.862 bits per heavy atom. The molecule has 0 unspecified atom stereocenters. The molecule has 7 heteroatoms. The highest BCUT2D eigenvalue weighted by atomic mass is 79.9. The first-order chi connectivity index (χ1) is 13.8. The zero-order valence-electron chi connectivity index (χ0n) is 14.9. The van der Waals surface area contributed by atoms with Crippen LogP contribution in [0, 0.1) is 0 Å².